The van der Waals surface area contributed by atoms with Crippen LogP contribution in [0.1, 0.15) is 30.4 Å². The minimum atomic E-state index is -0.605. The molecule has 1 aromatic heterocycles. The summed E-state index contributed by atoms with van der Waals surface area (Å²) in [5, 5.41) is 3.09. The normalized spacial score (nSPS) is 15.5. The molecule has 2 aromatic rings. The van der Waals surface area contributed by atoms with Crippen LogP contribution in [0.2, 0.25) is 0 Å². The van der Waals surface area contributed by atoms with Crippen LogP contribution in [0.3, 0.4) is 0 Å². The lowest BCUT2D eigenvalue weighted by atomic mass is 9.86. The van der Waals surface area contributed by atoms with Crippen LogP contribution in [0.4, 0.5) is 5.82 Å². The number of carbonyl (C=O) groups is 2. The van der Waals surface area contributed by atoms with Crippen molar-refractivity contribution in [3.05, 3.63) is 39.7 Å². The summed E-state index contributed by atoms with van der Waals surface area (Å²) in [5.41, 5.74) is 5.92. The highest BCUT2D eigenvalue weighted by molar-refractivity contribution is 7.98. The van der Waals surface area contributed by atoms with Crippen LogP contribution in [0.25, 0.3) is 0 Å². The predicted octanol–water partition coefficient (Wildman–Crippen LogP) is 1.23. The van der Waals surface area contributed by atoms with Gasteiger partial charge in [-0.05, 0) is 30.9 Å². The summed E-state index contributed by atoms with van der Waals surface area (Å²) in [7, 11) is 0. The van der Waals surface area contributed by atoms with E-state index >= 15 is 0 Å². The molecule has 1 atom stereocenters. The molecule has 1 aliphatic rings. The topological polar surface area (TPSA) is 136 Å². The third-order valence-corrected chi connectivity index (χ3v) is 4.74. The number of ether oxygens (including phenoxy) is 2. The number of benzene rings is 1. The third kappa shape index (κ3) is 4.11. The maximum atomic E-state index is 12.6. The van der Waals surface area contributed by atoms with Crippen LogP contribution in [0.15, 0.2) is 28.2 Å². The number of fused-ring (bicyclic) bond motifs is 1. The smallest absolute Gasteiger partial charge is 0.257 e. The molecule has 0 saturated heterocycles. The molecule has 0 fully saturated rings. The SMILES string of the molecule is CCOc1cc(C2CC(=O)Nc3nc(SC)[nH]c(=O)c32)ccc1OCC(N)=O. The van der Waals surface area contributed by atoms with E-state index in [-0.39, 0.29) is 30.3 Å². The molecule has 1 aromatic carbocycles. The molecule has 9 nitrogen and oxygen atoms in total. The van der Waals surface area contributed by atoms with Gasteiger partial charge in [-0.1, -0.05) is 17.8 Å². The van der Waals surface area contributed by atoms with Crippen molar-refractivity contribution in [2.75, 3.05) is 24.8 Å². The Bertz CT molecular complexity index is 975. The van der Waals surface area contributed by atoms with Crippen molar-refractivity contribution in [2.24, 2.45) is 5.73 Å². The van der Waals surface area contributed by atoms with Gasteiger partial charge in [0.25, 0.3) is 11.5 Å². The second-order valence-corrected chi connectivity index (χ2v) is 6.83. The van der Waals surface area contributed by atoms with Crippen molar-refractivity contribution in [1.82, 2.24) is 9.97 Å². The van der Waals surface area contributed by atoms with Gasteiger partial charge < -0.3 is 25.5 Å². The second kappa shape index (κ2) is 8.34. The lowest BCUT2D eigenvalue weighted by Crippen LogP contribution is -2.31. The molecular formula is C18H20N4O5S. The average molecular weight is 404 g/mol. The lowest BCUT2D eigenvalue weighted by molar-refractivity contribution is -0.120. The van der Waals surface area contributed by atoms with Gasteiger partial charge in [0, 0.05) is 12.3 Å². The Kier molecular flexibility index (Phi) is 5.88. The minimum absolute atomic E-state index is 0.101. The molecule has 148 valence electrons. The summed E-state index contributed by atoms with van der Waals surface area (Å²) in [5.74, 6) is -0.295. The first-order valence-corrected chi connectivity index (χ1v) is 9.81. The molecule has 0 radical (unpaired) electrons. The predicted molar refractivity (Wildman–Crippen MR) is 104 cm³/mol. The van der Waals surface area contributed by atoms with E-state index in [9.17, 15) is 14.4 Å². The number of aromatic nitrogens is 2. The number of primary amides is 1. The van der Waals surface area contributed by atoms with Crippen molar-refractivity contribution >= 4 is 29.4 Å². The molecular weight excluding hydrogens is 384 g/mol. The van der Waals surface area contributed by atoms with E-state index in [2.05, 4.69) is 15.3 Å². The second-order valence-electron chi connectivity index (χ2n) is 6.04. The number of hydrogen-bond acceptors (Lipinski definition) is 7. The zero-order chi connectivity index (χ0) is 20.3. The van der Waals surface area contributed by atoms with E-state index in [4.69, 9.17) is 15.2 Å². The molecule has 0 aliphatic carbocycles. The fourth-order valence-electron chi connectivity index (χ4n) is 3.01. The van der Waals surface area contributed by atoms with Gasteiger partial charge in [-0.2, -0.15) is 0 Å². The molecule has 28 heavy (non-hydrogen) atoms. The Morgan fingerprint density at radius 3 is 2.79 bits per heavy atom. The minimum Gasteiger partial charge on any atom is -0.490 e. The van der Waals surface area contributed by atoms with Crippen LogP contribution >= 0.6 is 11.8 Å². The molecule has 2 amide bonds. The highest BCUT2D eigenvalue weighted by atomic mass is 32.2. The standard InChI is InChI=1S/C18H20N4O5S/c1-3-26-12-6-9(4-5-11(12)27-8-13(19)23)10-7-14(24)20-16-15(10)17(25)22-18(21-16)28-2/h4-6,10H,3,7-8H2,1-2H3,(H2,19,23)(H2,20,21,22,24,25). The first-order chi connectivity index (χ1) is 13.4. The number of anilines is 1. The van der Waals surface area contributed by atoms with Gasteiger partial charge in [0.1, 0.15) is 5.82 Å². The van der Waals surface area contributed by atoms with E-state index in [0.29, 0.717) is 34.4 Å². The Morgan fingerprint density at radius 2 is 2.11 bits per heavy atom. The number of rotatable bonds is 7. The maximum absolute atomic E-state index is 12.6. The van der Waals surface area contributed by atoms with Crippen LogP contribution in [-0.4, -0.2) is 41.3 Å². The molecule has 2 heterocycles. The summed E-state index contributed by atoms with van der Waals surface area (Å²) >= 11 is 1.28. The Balaban J connectivity index is 2.04. The number of thioether (sulfide) groups is 1. The van der Waals surface area contributed by atoms with Gasteiger partial charge in [0.05, 0.1) is 12.2 Å². The highest BCUT2D eigenvalue weighted by Crippen LogP contribution is 2.38. The number of nitrogens with one attached hydrogen (secondary N) is 2. The largest absolute Gasteiger partial charge is 0.490 e. The zero-order valence-corrected chi connectivity index (χ0v) is 16.2. The zero-order valence-electron chi connectivity index (χ0n) is 15.4. The Hall–Kier alpha value is -3.01. The fourth-order valence-corrected chi connectivity index (χ4v) is 3.39. The van der Waals surface area contributed by atoms with Crippen molar-refractivity contribution in [3.8, 4) is 11.5 Å². The molecule has 0 bridgehead atoms. The van der Waals surface area contributed by atoms with Crippen LogP contribution < -0.4 is 26.1 Å². The Morgan fingerprint density at radius 1 is 1.32 bits per heavy atom. The van der Waals surface area contributed by atoms with Gasteiger partial charge in [0.2, 0.25) is 5.91 Å². The summed E-state index contributed by atoms with van der Waals surface area (Å²) in [6.07, 6.45) is 1.88. The van der Waals surface area contributed by atoms with E-state index in [0.717, 1.165) is 0 Å². The molecule has 10 heteroatoms. The maximum Gasteiger partial charge on any atom is 0.257 e. The van der Waals surface area contributed by atoms with E-state index in [1.165, 1.54) is 11.8 Å². The fraction of sp³-hybridized carbons (Fsp3) is 0.333. The quantitative estimate of drug-likeness (QED) is 0.466. The van der Waals surface area contributed by atoms with Gasteiger partial charge in [-0.15, -0.1) is 0 Å². The molecule has 0 saturated carbocycles. The summed E-state index contributed by atoms with van der Waals surface area (Å²) in [6.45, 7) is 1.90. The lowest BCUT2D eigenvalue weighted by Gasteiger charge is -2.25. The van der Waals surface area contributed by atoms with Gasteiger partial charge in [-0.25, -0.2) is 4.98 Å². The third-order valence-electron chi connectivity index (χ3n) is 4.16. The summed E-state index contributed by atoms with van der Waals surface area (Å²) in [4.78, 5) is 42.8. The van der Waals surface area contributed by atoms with Crippen molar-refractivity contribution in [1.29, 1.82) is 0 Å². The number of amides is 2. The van der Waals surface area contributed by atoms with Crippen LogP contribution in [-0.2, 0) is 9.59 Å². The number of H-pyrrole nitrogens is 1. The molecule has 3 rings (SSSR count). The first kappa shape index (κ1) is 19.7. The molecule has 4 N–H and O–H groups in total. The number of aromatic amines is 1. The number of hydrogen-bond donors (Lipinski definition) is 3. The van der Waals surface area contributed by atoms with E-state index in [1.807, 2.05) is 6.92 Å². The average Bonchev–Trinajstić information content (AvgIpc) is 2.65. The summed E-state index contributed by atoms with van der Waals surface area (Å²) < 4.78 is 11.0. The van der Waals surface area contributed by atoms with Crippen LogP contribution in [0, 0.1) is 0 Å². The monoisotopic (exact) mass is 404 g/mol. The number of nitrogens with zero attached hydrogens (tertiary/aromatic N) is 1. The molecule has 1 aliphatic heterocycles. The Labute approximate surface area is 165 Å². The summed E-state index contributed by atoms with van der Waals surface area (Å²) in [6, 6.07) is 5.07. The van der Waals surface area contributed by atoms with E-state index in [1.54, 1.807) is 24.5 Å². The number of nitrogens with two attached hydrogens (primary N) is 1. The molecule has 1 unspecified atom stereocenters. The number of carbonyl (C=O) groups excluding carboxylic acids is 2. The molecule has 0 spiro atoms. The van der Waals surface area contributed by atoms with Crippen molar-refractivity contribution in [2.45, 2.75) is 24.4 Å². The van der Waals surface area contributed by atoms with Gasteiger partial charge in [-0.3, -0.25) is 14.4 Å². The van der Waals surface area contributed by atoms with Gasteiger partial charge in [0.15, 0.2) is 23.3 Å². The van der Waals surface area contributed by atoms with Crippen LogP contribution in [0.5, 0.6) is 11.5 Å². The highest BCUT2D eigenvalue weighted by Gasteiger charge is 2.31. The van der Waals surface area contributed by atoms with Gasteiger partial charge >= 0.3 is 0 Å². The first-order valence-electron chi connectivity index (χ1n) is 8.58. The van der Waals surface area contributed by atoms with Crippen molar-refractivity contribution < 1.29 is 19.1 Å². The van der Waals surface area contributed by atoms with E-state index < -0.39 is 11.8 Å². The van der Waals surface area contributed by atoms with Crippen molar-refractivity contribution in [3.63, 3.8) is 0 Å².